The maximum Gasteiger partial charge on any atom is 0.245 e. The number of rotatable bonds is 4. The third-order valence-corrected chi connectivity index (χ3v) is 3.90. The Hall–Kier alpha value is -2.51. The first kappa shape index (κ1) is 16.4. The van der Waals surface area contributed by atoms with E-state index < -0.39 is 0 Å². The Bertz CT molecular complexity index is 915. The number of anilines is 1. The number of pyridine rings is 1. The van der Waals surface area contributed by atoms with Crippen molar-refractivity contribution in [3.05, 3.63) is 58.0 Å². The van der Waals surface area contributed by atoms with Crippen molar-refractivity contribution in [3.8, 4) is 11.4 Å². The van der Waals surface area contributed by atoms with Crippen LogP contribution in [0.2, 0.25) is 5.02 Å². The van der Waals surface area contributed by atoms with Crippen LogP contribution in [0.1, 0.15) is 5.56 Å². The van der Waals surface area contributed by atoms with Crippen molar-refractivity contribution in [1.29, 1.82) is 0 Å². The summed E-state index contributed by atoms with van der Waals surface area (Å²) in [6.07, 6.45) is 1.69. The Morgan fingerprint density at radius 3 is 2.71 bits per heavy atom. The number of nitrogens with zero attached hydrogens (tertiary/aromatic N) is 3. The molecule has 122 valence electrons. The van der Waals surface area contributed by atoms with Crippen molar-refractivity contribution in [2.24, 2.45) is 0 Å². The van der Waals surface area contributed by atoms with E-state index in [1.165, 1.54) is 0 Å². The summed E-state index contributed by atoms with van der Waals surface area (Å²) in [5, 5.41) is 10.3. The van der Waals surface area contributed by atoms with Gasteiger partial charge in [-0.3, -0.25) is 14.5 Å². The number of carbonyl (C=O) groups is 1. The largest absolute Gasteiger partial charge is 0.309 e. The van der Waals surface area contributed by atoms with E-state index in [0.29, 0.717) is 21.4 Å². The van der Waals surface area contributed by atoms with E-state index in [4.69, 9.17) is 23.8 Å². The molecule has 0 radical (unpaired) electrons. The molecule has 6 nitrogen and oxygen atoms in total. The van der Waals surface area contributed by atoms with Crippen LogP contribution in [0.15, 0.2) is 42.6 Å². The summed E-state index contributed by atoms with van der Waals surface area (Å²) in [5.74, 6) is 0.830. The average molecular weight is 360 g/mol. The second-order valence-corrected chi connectivity index (χ2v) is 6.04. The fourth-order valence-corrected chi connectivity index (χ4v) is 2.47. The molecule has 24 heavy (non-hydrogen) atoms. The van der Waals surface area contributed by atoms with E-state index in [1.807, 2.05) is 25.1 Å². The minimum atomic E-state index is -0.237. The zero-order valence-corrected chi connectivity index (χ0v) is 14.4. The molecule has 0 aliphatic carbocycles. The van der Waals surface area contributed by atoms with Crippen molar-refractivity contribution in [2.75, 3.05) is 5.32 Å². The fourth-order valence-electron chi connectivity index (χ4n) is 2.15. The summed E-state index contributed by atoms with van der Waals surface area (Å²) >= 11 is 11.1. The zero-order chi connectivity index (χ0) is 17.1. The molecule has 0 spiro atoms. The molecule has 8 heteroatoms. The van der Waals surface area contributed by atoms with Crippen LogP contribution in [0.3, 0.4) is 0 Å². The lowest BCUT2D eigenvalue weighted by Crippen LogP contribution is -2.20. The van der Waals surface area contributed by atoms with Gasteiger partial charge in [0.2, 0.25) is 5.91 Å². The molecule has 2 heterocycles. The molecule has 1 amide bonds. The van der Waals surface area contributed by atoms with Gasteiger partial charge in [-0.1, -0.05) is 17.7 Å². The number of amides is 1. The number of H-pyrrole nitrogens is 1. The quantitative estimate of drug-likeness (QED) is 0.698. The first-order chi connectivity index (χ1) is 11.5. The molecular formula is C16H14ClN5OS. The lowest BCUT2D eigenvalue weighted by Gasteiger charge is -2.08. The molecule has 0 saturated carbocycles. The molecule has 2 N–H and O–H groups in total. The Morgan fingerprint density at radius 2 is 2.04 bits per heavy atom. The number of aryl methyl sites for hydroxylation is 1. The molecule has 1 aromatic carbocycles. The Morgan fingerprint density at radius 1 is 1.29 bits per heavy atom. The zero-order valence-electron chi connectivity index (χ0n) is 12.8. The summed E-state index contributed by atoms with van der Waals surface area (Å²) in [6, 6.07) is 10.8. The van der Waals surface area contributed by atoms with Gasteiger partial charge in [-0.05, 0) is 55.0 Å². The van der Waals surface area contributed by atoms with E-state index in [-0.39, 0.29) is 12.5 Å². The molecule has 0 fully saturated rings. The predicted molar refractivity (Wildman–Crippen MR) is 95.5 cm³/mol. The van der Waals surface area contributed by atoms with Gasteiger partial charge in [-0.15, -0.1) is 0 Å². The highest BCUT2D eigenvalue weighted by molar-refractivity contribution is 7.71. The number of benzene rings is 1. The van der Waals surface area contributed by atoms with Gasteiger partial charge in [0.1, 0.15) is 12.4 Å². The Kier molecular flexibility index (Phi) is 4.73. The summed E-state index contributed by atoms with van der Waals surface area (Å²) in [7, 11) is 0. The van der Waals surface area contributed by atoms with Crippen LogP contribution in [0.5, 0.6) is 0 Å². The maximum absolute atomic E-state index is 12.3. The van der Waals surface area contributed by atoms with Gasteiger partial charge in [0.05, 0.1) is 0 Å². The van der Waals surface area contributed by atoms with Gasteiger partial charge in [0.25, 0.3) is 0 Å². The summed E-state index contributed by atoms with van der Waals surface area (Å²) in [4.78, 5) is 16.4. The third kappa shape index (κ3) is 3.69. The fraction of sp³-hybridized carbons (Fsp3) is 0.125. The Labute approximate surface area is 148 Å². The highest BCUT2D eigenvalue weighted by Gasteiger charge is 2.13. The minimum Gasteiger partial charge on any atom is -0.309 e. The van der Waals surface area contributed by atoms with Gasteiger partial charge < -0.3 is 5.32 Å². The standard InChI is InChI=1S/C16H14ClN5OS/c1-10-2-7-13(18-8-10)19-14(23)9-22-15(20-21-16(22)24)11-3-5-12(17)6-4-11/h2-8H,9H2,1H3,(H,21,24)(H,18,19,23). The van der Waals surface area contributed by atoms with Crippen LogP contribution in [0.4, 0.5) is 5.82 Å². The van der Waals surface area contributed by atoms with E-state index in [9.17, 15) is 4.79 Å². The van der Waals surface area contributed by atoms with Crippen LogP contribution in [0.25, 0.3) is 11.4 Å². The lowest BCUT2D eigenvalue weighted by atomic mass is 10.2. The van der Waals surface area contributed by atoms with Gasteiger partial charge >= 0.3 is 0 Å². The molecular weight excluding hydrogens is 346 g/mol. The van der Waals surface area contributed by atoms with Crippen molar-refractivity contribution < 1.29 is 4.79 Å². The summed E-state index contributed by atoms with van der Waals surface area (Å²) in [6.45, 7) is 1.96. The third-order valence-electron chi connectivity index (χ3n) is 3.34. The van der Waals surface area contributed by atoms with Crippen molar-refractivity contribution in [1.82, 2.24) is 19.7 Å². The number of hydrogen-bond acceptors (Lipinski definition) is 4. The highest BCUT2D eigenvalue weighted by atomic mass is 35.5. The highest BCUT2D eigenvalue weighted by Crippen LogP contribution is 2.20. The minimum absolute atomic E-state index is 0.0306. The van der Waals surface area contributed by atoms with Crippen LogP contribution in [-0.2, 0) is 11.3 Å². The average Bonchev–Trinajstić information content (AvgIpc) is 2.91. The Balaban J connectivity index is 1.81. The molecule has 0 aliphatic rings. The van der Waals surface area contributed by atoms with Crippen LogP contribution in [-0.4, -0.2) is 25.7 Å². The molecule has 0 saturated heterocycles. The molecule has 3 rings (SSSR count). The van der Waals surface area contributed by atoms with Gasteiger partial charge in [0.15, 0.2) is 10.6 Å². The van der Waals surface area contributed by atoms with Crippen LogP contribution in [0, 0.1) is 11.7 Å². The van der Waals surface area contributed by atoms with E-state index in [1.54, 1.807) is 29.0 Å². The van der Waals surface area contributed by atoms with Gasteiger partial charge in [-0.2, -0.15) is 5.10 Å². The maximum atomic E-state index is 12.3. The molecule has 0 aliphatic heterocycles. The van der Waals surface area contributed by atoms with Crippen molar-refractivity contribution in [3.63, 3.8) is 0 Å². The summed E-state index contributed by atoms with van der Waals surface area (Å²) in [5.41, 5.74) is 1.84. The molecule has 3 aromatic rings. The molecule has 0 unspecified atom stereocenters. The van der Waals surface area contributed by atoms with Gasteiger partial charge in [-0.25, -0.2) is 4.98 Å². The number of aromatic nitrogens is 4. The topological polar surface area (TPSA) is 75.6 Å². The van der Waals surface area contributed by atoms with Crippen molar-refractivity contribution in [2.45, 2.75) is 13.5 Å². The first-order valence-corrected chi connectivity index (χ1v) is 7.95. The number of nitrogens with one attached hydrogen (secondary N) is 2. The number of aromatic amines is 1. The monoisotopic (exact) mass is 359 g/mol. The molecule has 0 bridgehead atoms. The second kappa shape index (κ2) is 6.94. The van der Waals surface area contributed by atoms with E-state index in [2.05, 4.69) is 20.5 Å². The lowest BCUT2D eigenvalue weighted by molar-refractivity contribution is -0.116. The van der Waals surface area contributed by atoms with E-state index >= 15 is 0 Å². The number of hydrogen-bond donors (Lipinski definition) is 2. The van der Waals surface area contributed by atoms with Crippen LogP contribution >= 0.6 is 23.8 Å². The van der Waals surface area contributed by atoms with Gasteiger partial charge in [0, 0.05) is 16.8 Å². The molecule has 2 aromatic heterocycles. The molecule has 0 atom stereocenters. The first-order valence-electron chi connectivity index (χ1n) is 7.16. The normalized spacial score (nSPS) is 10.6. The number of carbonyl (C=O) groups excluding carboxylic acids is 1. The predicted octanol–water partition coefficient (Wildman–Crippen LogP) is 3.60. The summed E-state index contributed by atoms with van der Waals surface area (Å²) < 4.78 is 1.99. The van der Waals surface area contributed by atoms with Crippen molar-refractivity contribution >= 4 is 35.5 Å². The van der Waals surface area contributed by atoms with Crippen LogP contribution < -0.4 is 5.32 Å². The van der Waals surface area contributed by atoms with E-state index in [0.717, 1.165) is 11.1 Å². The number of halogens is 1. The smallest absolute Gasteiger partial charge is 0.245 e. The second-order valence-electron chi connectivity index (χ2n) is 5.21. The SMILES string of the molecule is Cc1ccc(NC(=O)Cn2c(-c3ccc(Cl)cc3)n[nH]c2=S)nc1.